The number of hydrogen-bond acceptors (Lipinski definition) is 5. The Morgan fingerprint density at radius 3 is 2.65 bits per heavy atom. The van der Waals surface area contributed by atoms with E-state index in [-0.39, 0.29) is 5.56 Å². The highest BCUT2D eigenvalue weighted by Crippen LogP contribution is 2.36. The van der Waals surface area contributed by atoms with Gasteiger partial charge in [0, 0.05) is 16.8 Å². The molecule has 23 heavy (non-hydrogen) atoms. The van der Waals surface area contributed by atoms with E-state index < -0.39 is 11.5 Å². The molecule has 0 radical (unpaired) electrons. The fourth-order valence-electron chi connectivity index (χ4n) is 2.57. The van der Waals surface area contributed by atoms with Gasteiger partial charge in [0.2, 0.25) is 0 Å². The molecule has 1 aliphatic heterocycles. The van der Waals surface area contributed by atoms with Gasteiger partial charge >= 0.3 is 5.97 Å². The van der Waals surface area contributed by atoms with Crippen molar-refractivity contribution in [2.75, 3.05) is 14.2 Å². The lowest BCUT2D eigenvalue weighted by Gasteiger charge is -2.10. The molecule has 0 atom stereocenters. The Hall–Kier alpha value is -3.02. The molecule has 0 fully saturated rings. The highest BCUT2D eigenvalue weighted by molar-refractivity contribution is 6.05. The van der Waals surface area contributed by atoms with Crippen LogP contribution in [0, 0.1) is 6.92 Å². The fourth-order valence-corrected chi connectivity index (χ4v) is 2.57. The van der Waals surface area contributed by atoms with Gasteiger partial charge < -0.3 is 19.2 Å². The fraction of sp³-hybridized carbons (Fsp3) is 0.176. The zero-order valence-electron chi connectivity index (χ0n) is 12.9. The van der Waals surface area contributed by atoms with Crippen LogP contribution in [0.4, 0.5) is 0 Å². The minimum absolute atomic E-state index is 0.0173. The number of ether oxygens (including phenoxy) is 3. The summed E-state index contributed by atoms with van der Waals surface area (Å²) in [7, 11) is 3.08. The predicted molar refractivity (Wildman–Crippen MR) is 84.6 cm³/mol. The lowest BCUT2D eigenvalue weighted by atomic mass is 10.1. The summed E-state index contributed by atoms with van der Waals surface area (Å²) in [5.41, 5.74) is 1.37. The summed E-state index contributed by atoms with van der Waals surface area (Å²) < 4.78 is 15.9. The number of carbonyl (C=O) groups excluding carboxylic acids is 1. The minimum Gasteiger partial charge on any atom is -0.493 e. The second kappa shape index (κ2) is 5.64. The third-order valence-electron chi connectivity index (χ3n) is 3.56. The summed E-state index contributed by atoms with van der Waals surface area (Å²) in [4.78, 5) is 26.5. The van der Waals surface area contributed by atoms with Crippen LogP contribution in [0.5, 0.6) is 11.5 Å². The van der Waals surface area contributed by atoms with Gasteiger partial charge in [-0.3, -0.25) is 4.79 Å². The highest BCUT2D eigenvalue weighted by atomic mass is 16.5. The Labute approximate surface area is 132 Å². The first-order valence-electron chi connectivity index (χ1n) is 6.94. The molecular weight excluding hydrogens is 298 g/mol. The van der Waals surface area contributed by atoms with E-state index in [1.807, 2.05) is 0 Å². The Bertz CT molecular complexity index is 879. The third kappa shape index (κ3) is 2.48. The molecule has 1 aliphatic rings. The van der Waals surface area contributed by atoms with Gasteiger partial charge in [-0.2, -0.15) is 0 Å². The number of aromatic nitrogens is 1. The molecule has 1 aromatic carbocycles. The second-order valence-corrected chi connectivity index (χ2v) is 5.05. The molecule has 0 saturated carbocycles. The summed E-state index contributed by atoms with van der Waals surface area (Å²) in [5.74, 6) is 0.738. The molecule has 2 aromatic rings. The van der Waals surface area contributed by atoms with Crippen molar-refractivity contribution >= 4 is 17.8 Å². The summed E-state index contributed by atoms with van der Waals surface area (Å²) >= 11 is 0. The maximum atomic E-state index is 11.9. The summed E-state index contributed by atoms with van der Waals surface area (Å²) in [6.45, 7) is 1.74. The molecule has 118 valence electrons. The number of pyridine rings is 1. The van der Waals surface area contributed by atoms with Gasteiger partial charge in [-0.25, -0.2) is 4.79 Å². The molecule has 0 aliphatic carbocycles. The van der Waals surface area contributed by atoms with E-state index in [0.717, 1.165) is 0 Å². The van der Waals surface area contributed by atoms with Crippen LogP contribution in [-0.2, 0) is 4.74 Å². The maximum absolute atomic E-state index is 11.9. The number of fused-ring (bicyclic) bond motifs is 1. The van der Waals surface area contributed by atoms with Crippen LogP contribution in [0.2, 0.25) is 0 Å². The summed E-state index contributed by atoms with van der Waals surface area (Å²) in [6, 6.07) is 7.08. The van der Waals surface area contributed by atoms with Crippen molar-refractivity contribution in [3.63, 3.8) is 0 Å². The number of cyclic esters (lactones) is 1. The van der Waals surface area contributed by atoms with Crippen molar-refractivity contribution in [2.45, 2.75) is 6.92 Å². The summed E-state index contributed by atoms with van der Waals surface area (Å²) in [6.07, 6.45) is 1.66. The number of nitrogens with one attached hydrogen (secondary N) is 1. The number of aromatic amines is 1. The Kier molecular flexibility index (Phi) is 3.65. The first-order valence-corrected chi connectivity index (χ1v) is 6.94. The smallest absolute Gasteiger partial charge is 0.349 e. The summed E-state index contributed by atoms with van der Waals surface area (Å²) in [5, 5.41) is 0. The molecule has 0 saturated heterocycles. The lowest BCUT2D eigenvalue weighted by Crippen LogP contribution is -2.16. The van der Waals surface area contributed by atoms with Crippen molar-refractivity contribution in [3.8, 4) is 11.5 Å². The van der Waals surface area contributed by atoms with Crippen LogP contribution >= 0.6 is 0 Å². The molecule has 1 N–H and O–H groups in total. The monoisotopic (exact) mass is 313 g/mol. The van der Waals surface area contributed by atoms with E-state index in [9.17, 15) is 9.59 Å². The van der Waals surface area contributed by atoms with E-state index in [1.165, 1.54) is 7.11 Å². The number of methoxy groups -OCH3 is 2. The molecule has 0 spiro atoms. The predicted octanol–water partition coefficient (Wildman–Crippen LogP) is 2.37. The molecule has 0 amide bonds. The van der Waals surface area contributed by atoms with Crippen LogP contribution in [0.25, 0.3) is 11.8 Å². The Morgan fingerprint density at radius 2 is 1.96 bits per heavy atom. The second-order valence-electron chi connectivity index (χ2n) is 5.05. The number of benzene rings is 1. The van der Waals surface area contributed by atoms with E-state index in [1.54, 1.807) is 44.4 Å². The van der Waals surface area contributed by atoms with Gasteiger partial charge in [0.1, 0.15) is 11.3 Å². The van der Waals surface area contributed by atoms with Gasteiger partial charge in [-0.05, 0) is 25.1 Å². The quantitative estimate of drug-likeness (QED) is 0.880. The van der Waals surface area contributed by atoms with Crippen LogP contribution in [0.3, 0.4) is 0 Å². The van der Waals surface area contributed by atoms with Gasteiger partial charge in [-0.15, -0.1) is 0 Å². The third-order valence-corrected chi connectivity index (χ3v) is 3.56. The largest absolute Gasteiger partial charge is 0.493 e. The molecule has 3 rings (SSSR count). The van der Waals surface area contributed by atoms with Crippen LogP contribution in [0.1, 0.15) is 27.2 Å². The molecule has 0 bridgehead atoms. The normalized spacial score (nSPS) is 14.6. The number of aryl methyl sites for hydroxylation is 1. The number of H-pyrrole nitrogens is 1. The first kappa shape index (κ1) is 14.9. The number of rotatable bonds is 3. The van der Waals surface area contributed by atoms with Gasteiger partial charge in [-0.1, -0.05) is 12.1 Å². The molecule has 0 unspecified atom stereocenters. The first-order chi connectivity index (χ1) is 11.0. The average molecular weight is 313 g/mol. The Balaban J connectivity index is 2.18. The lowest BCUT2D eigenvalue weighted by molar-refractivity contribution is 0.0715. The van der Waals surface area contributed by atoms with Crippen molar-refractivity contribution < 1.29 is 19.0 Å². The van der Waals surface area contributed by atoms with Crippen molar-refractivity contribution in [2.24, 2.45) is 0 Å². The average Bonchev–Trinajstić information content (AvgIpc) is 2.83. The molecule has 1 aromatic heterocycles. The zero-order chi connectivity index (χ0) is 16.6. The molecule has 6 heteroatoms. The topological polar surface area (TPSA) is 77.6 Å². The zero-order valence-corrected chi connectivity index (χ0v) is 12.9. The van der Waals surface area contributed by atoms with Crippen LogP contribution < -0.4 is 15.0 Å². The van der Waals surface area contributed by atoms with Crippen LogP contribution in [0.15, 0.2) is 29.1 Å². The number of esters is 1. The van der Waals surface area contributed by atoms with Crippen molar-refractivity contribution in [3.05, 3.63) is 57.0 Å². The molecular formula is C17H15NO5. The number of para-hydroxylation sites is 1. The van der Waals surface area contributed by atoms with Gasteiger partial charge in [0.15, 0.2) is 11.5 Å². The maximum Gasteiger partial charge on any atom is 0.349 e. The molecule has 6 nitrogen and oxygen atoms in total. The number of hydrogen-bond donors (Lipinski definition) is 1. The minimum atomic E-state index is -0.658. The molecule has 2 heterocycles. The van der Waals surface area contributed by atoms with E-state index in [2.05, 4.69) is 4.98 Å². The Morgan fingerprint density at radius 1 is 1.17 bits per heavy atom. The standard InChI is InChI=1S/C17H15NO5/c1-9-7-11-13(23-17(20)14(11)16(19)18-9)8-10-5-4-6-12(21-2)15(10)22-3/h4-8H,1-3H3,(H,18,19)/b13-8-. The van der Waals surface area contributed by atoms with Crippen molar-refractivity contribution in [1.82, 2.24) is 4.98 Å². The van der Waals surface area contributed by atoms with E-state index in [0.29, 0.717) is 34.1 Å². The van der Waals surface area contributed by atoms with E-state index >= 15 is 0 Å². The SMILES string of the molecule is COc1cccc(/C=C2\OC(=O)c3c2cc(C)[nH]c3=O)c1OC. The van der Waals surface area contributed by atoms with Crippen LogP contribution in [-0.4, -0.2) is 25.2 Å². The highest BCUT2D eigenvalue weighted by Gasteiger charge is 2.30. The van der Waals surface area contributed by atoms with Gasteiger partial charge in [0.25, 0.3) is 5.56 Å². The van der Waals surface area contributed by atoms with Gasteiger partial charge in [0.05, 0.1) is 14.2 Å². The van der Waals surface area contributed by atoms with Crippen molar-refractivity contribution in [1.29, 1.82) is 0 Å². The van der Waals surface area contributed by atoms with E-state index in [4.69, 9.17) is 14.2 Å². The number of carbonyl (C=O) groups is 1.